The van der Waals surface area contributed by atoms with Crippen molar-refractivity contribution in [3.8, 4) is 0 Å². The fourth-order valence-corrected chi connectivity index (χ4v) is 2.35. The second-order valence-electron chi connectivity index (χ2n) is 5.19. The van der Waals surface area contributed by atoms with Crippen LogP contribution < -0.4 is 5.32 Å². The molecule has 0 heterocycles. The molecule has 0 saturated carbocycles. The van der Waals surface area contributed by atoms with Crippen molar-refractivity contribution in [2.24, 2.45) is 5.41 Å². The summed E-state index contributed by atoms with van der Waals surface area (Å²) < 4.78 is 4.77. The van der Waals surface area contributed by atoms with Crippen molar-refractivity contribution in [2.45, 2.75) is 46.6 Å². The van der Waals surface area contributed by atoms with Crippen LogP contribution in [0.25, 0.3) is 0 Å². The van der Waals surface area contributed by atoms with E-state index in [-0.39, 0.29) is 21.6 Å². The number of hydrogen-bond donors (Lipinski definition) is 1. The second-order valence-corrected chi connectivity index (χ2v) is 6.25. The highest BCUT2D eigenvalue weighted by atomic mass is 127. The quantitative estimate of drug-likeness (QED) is 0.444. The van der Waals surface area contributed by atoms with Crippen LogP contribution in [-0.4, -0.2) is 28.3 Å². The highest BCUT2D eigenvalue weighted by Crippen LogP contribution is 2.22. The third kappa shape index (κ3) is 7.62. The van der Waals surface area contributed by atoms with Gasteiger partial charge in [0.15, 0.2) is 0 Å². The lowest BCUT2D eigenvalue weighted by atomic mass is 9.88. The largest absolute Gasteiger partial charge is 0.450 e. The summed E-state index contributed by atoms with van der Waals surface area (Å²) in [5.74, 6) is 0.0639. The zero-order valence-electron chi connectivity index (χ0n) is 11.2. The number of ether oxygens (including phenoxy) is 1. The van der Waals surface area contributed by atoms with E-state index >= 15 is 0 Å². The standard InChI is InChI=1S/C12H20INO4/c1-8(15)6-5-7-18-11(17)14-9(10(13)16)12(2,3)4/h9H,5-7H2,1-4H3,(H,14,17). The van der Waals surface area contributed by atoms with Crippen LogP contribution in [0.1, 0.15) is 40.5 Å². The first-order valence-electron chi connectivity index (χ1n) is 5.76. The molecule has 0 radical (unpaired) electrons. The summed E-state index contributed by atoms with van der Waals surface area (Å²) in [4.78, 5) is 33.6. The highest BCUT2D eigenvalue weighted by Gasteiger charge is 2.31. The average Bonchev–Trinajstić information content (AvgIpc) is 2.18. The molecule has 1 N–H and O–H groups in total. The molecule has 104 valence electrons. The van der Waals surface area contributed by atoms with E-state index in [1.165, 1.54) is 6.92 Å². The van der Waals surface area contributed by atoms with Gasteiger partial charge in [-0.25, -0.2) is 4.79 Å². The van der Waals surface area contributed by atoms with Crippen LogP contribution in [0.2, 0.25) is 0 Å². The van der Waals surface area contributed by atoms with E-state index in [2.05, 4.69) is 5.32 Å². The summed E-state index contributed by atoms with van der Waals surface area (Å²) in [7, 11) is 0. The van der Waals surface area contributed by atoms with Gasteiger partial charge in [-0.3, -0.25) is 4.79 Å². The van der Waals surface area contributed by atoms with Gasteiger partial charge in [0.2, 0.25) is 3.79 Å². The first-order valence-corrected chi connectivity index (χ1v) is 6.84. The lowest BCUT2D eigenvalue weighted by molar-refractivity contribution is -0.117. The van der Waals surface area contributed by atoms with Crippen molar-refractivity contribution >= 4 is 38.3 Å². The monoisotopic (exact) mass is 369 g/mol. The SMILES string of the molecule is CC(=O)CCCOC(=O)NC(C(=O)I)C(C)(C)C. The number of rotatable bonds is 6. The molecule has 0 saturated heterocycles. The van der Waals surface area contributed by atoms with Gasteiger partial charge in [0.25, 0.3) is 0 Å². The van der Waals surface area contributed by atoms with Crippen molar-refractivity contribution < 1.29 is 19.1 Å². The molecular weight excluding hydrogens is 349 g/mol. The number of halogens is 1. The molecule has 18 heavy (non-hydrogen) atoms. The molecule has 1 amide bonds. The van der Waals surface area contributed by atoms with Crippen LogP contribution in [0.3, 0.4) is 0 Å². The Labute approximate surface area is 121 Å². The molecule has 0 fully saturated rings. The Morgan fingerprint density at radius 3 is 2.22 bits per heavy atom. The maximum Gasteiger partial charge on any atom is 0.407 e. The van der Waals surface area contributed by atoms with E-state index in [1.807, 2.05) is 20.8 Å². The molecule has 0 aliphatic carbocycles. The van der Waals surface area contributed by atoms with Gasteiger partial charge < -0.3 is 14.8 Å². The van der Waals surface area contributed by atoms with Crippen molar-refractivity contribution in [1.29, 1.82) is 0 Å². The number of hydrogen-bond acceptors (Lipinski definition) is 4. The summed E-state index contributed by atoms with van der Waals surface area (Å²) in [5, 5.41) is 2.54. The molecule has 0 aliphatic rings. The maximum atomic E-state index is 11.5. The number of amides is 1. The van der Waals surface area contributed by atoms with Gasteiger partial charge in [0.05, 0.1) is 6.61 Å². The average molecular weight is 369 g/mol. The molecule has 0 aliphatic heterocycles. The molecule has 6 heteroatoms. The fraction of sp³-hybridized carbons (Fsp3) is 0.750. The van der Waals surface area contributed by atoms with Crippen molar-refractivity contribution in [3.05, 3.63) is 0 Å². The van der Waals surface area contributed by atoms with E-state index in [0.717, 1.165) is 0 Å². The van der Waals surface area contributed by atoms with Gasteiger partial charge in [-0.05, 0) is 18.8 Å². The fourth-order valence-electron chi connectivity index (χ4n) is 1.26. The molecule has 0 aromatic rings. The molecule has 0 spiro atoms. The number of carbonyl (C=O) groups is 3. The Morgan fingerprint density at radius 2 is 1.83 bits per heavy atom. The molecular formula is C12H20INO4. The zero-order chi connectivity index (χ0) is 14.3. The van der Waals surface area contributed by atoms with E-state index < -0.39 is 12.1 Å². The molecule has 0 bridgehead atoms. The lowest BCUT2D eigenvalue weighted by Crippen LogP contribution is -2.47. The first kappa shape index (κ1) is 17.3. The van der Waals surface area contributed by atoms with Crippen LogP contribution in [-0.2, 0) is 14.3 Å². The van der Waals surface area contributed by atoms with E-state index in [1.54, 1.807) is 22.6 Å². The minimum absolute atomic E-state index is 0.0639. The topological polar surface area (TPSA) is 72.5 Å². The Hall–Kier alpha value is -0.660. The summed E-state index contributed by atoms with van der Waals surface area (Å²) in [6, 6.07) is -0.585. The number of nitrogens with one attached hydrogen (secondary N) is 1. The van der Waals surface area contributed by atoms with E-state index in [0.29, 0.717) is 12.8 Å². The summed E-state index contributed by atoms with van der Waals surface area (Å²) in [5.41, 5.74) is -0.364. The molecule has 0 aromatic heterocycles. The number of carbonyl (C=O) groups excluding carboxylic acids is 3. The van der Waals surface area contributed by atoms with Gasteiger partial charge in [0.1, 0.15) is 11.8 Å². The van der Waals surface area contributed by atoms with Gasteiger partial charge in [-0.15, -0.1) is 0 Å². The Morgan fingerprint density at radius 1 is 1.28 bits per heavy atom. The smallest absolute Gasteiger partial charge is 0.407 e. The maximum absolute atomic E-state index is 11.5. The number of ketones is 1. The Balaban J connectivity index is 4.12. The van der Waals surface area contributed by atoms with Gasteiger partial charge in [-0.1, -0.05) is 20.8 Å². The third-order valence-electron chi connectivity index (χ3n) is 2.26. The van der Waals surface area contributed by atoms with Crippen molar-refractivity contribution in [3.63, 3.8) is 0 Å². The molecule has 1 unspecified atom stereocenters. The van der Waals surface area contributed by atoms with Gasteiger partial charge >= 0.3 is 6.09 Å². The second kappa shape index (κ2) is 7.70. The van der Waals surface area contributed by atoms with E-state index in [4.69, 9.17) is 4.74 Å². The minimum atomic E-state index is -0.622. The van der Waals surface area contributed by atoms with Crippen LogP contribution in [0.5, 0.6) is 0 Å². The lowest BCUT2D eigenvalue weighted by Gasteiger charge is -2.28. The van der Waals surface area contributed by atoms with Crippen LogP contribution in [0, 0.1) is 5.41 Å². The minimum Gasteiger partial charge on any atom is -0.450 e. The van der Waals surface area contributed by atoms with Crippen molar-refractivity contribution in [2.75, 3.05) is 6.61 Å². The first-order chi connectivity index (χ1) is 8.14. The number of alkyl carbamates (subject to hydrolysis) is 1. The number of Topliss-reactive ketones (excluding diaryl/α,β-unsaturated/α-hetero) is 1. The predicted molar refractivity (Wildman–Crippen MR) is 76.7 cm³/mol. The van der Waals surface area contributed by atoms with Crippen LogP contribution in [0.15, 0.2) is 0 Å². The van der Waals surface area contributed by atoms with Crippen LogP contribution >= 0.6 is 22.6 Å². The third-order valence-corrected chi connectivity index (χ3v) is 2.88. The Bertz CT molecular complexity index is 323. The molecule has 1 atom stereocenters. The van der Waals surface area contributed by atoms with Gasteiger partial charge in [0, 0.05) is 29.0 Å². The zero-order valence-corrected chi connectivity index (χ0v) is 13.4. The predicted octanol–water partition coefficient (Wildman–Crippen LogP) is 2.46. The normalized spacial score (nSPS) is 12.7. The molecule has 0 rings (SSSR count). The highest BCUT2D eigenvalue weighted by molar-refractivity contribution is 14.1. The summed E-state index contributed by atoms with van der Waals surface area (Å²) >= 11 is 1.66. The van der Waals surface area contributed by atoms with E-state index in [9.17, 15) is 14.4 Å². The molecule has 5 nitrogen and oxygen atoms in total. The van der Waals surface area contributed by atoms with Gasteiger partial charge in [-0.2, -0.15) is 0 Å². The summed E-state index contributed by atoms with van der Waals surface area (Å²) in [6.45, 7) is 7.26. The van der Waals surface area contributed by atoms with Crippen LogP contribution in [0.4, 0.5) is 4.79 Å². The Kier molecular flexibility index (Phi) is 7.42. The van der Waals surface area contributed by atoms with Crippen molar-refractivity contribution in [1.82, 2.24) is 5.32 Å². The molecule has 0 aromatic carbocycles. The summed E-state index contributed by atoms with van der Waals surface area (Å²) in [6.07, 6.45) is 0.269.